The van der Waals surface area contributed by atoms with E-state index >= 15 is 0 Å². The first-order chi connectivity index (χ1) is 10.6. The number of rotatable bonds is 4. The molecule has 0 atom stereocenters. The Morgan fingerprint density at radius 2 is 2.05 bits per heavy atom. The van der Waals surface area contributed by atoms with E-state index in [1.54, 1.807) is 0 Å². The van der Waals surface area contributed by atoms with Crippen LogP contribution in [0.25, 0.3) is 0 Å². The predicted octanol–water partition coefficient (Wildman–Crippen LogP) is 4.40. The summed E-state index contributed by atoms with van der Waals surface area (Å²) in [6.07, 6.45) is 6.03. The first-order valence-electron chi connectivity index (χ1n) is 7.37. The Labute approximate surface area is 141 Å². The summed E-state index contributed by atoms with van der Waals surface area (Å²) in [6.45, 7) is 2.80. The van der Waals surface area contributed by atoms with Gasteiger partial charge in [-0.25, -0.2) is 0 Å². The van der Waals surface area contributed by atoms with Gasteiger partial charge < -0.3 is 10.2 Å². The van der Waals surface area contributed by atoms with Crippen LogP contribution in [-0.4, -0.2) is 21.0 Å². The van der Waals surface area contributed by atoms with Crippen molar-refractivity contribution in [1.82, 2.24) is 9.88 Å². The molecule has 0 unspecified atom stereocenters. The van der Waals surface area contributed by atoms with Crippen LogP contribution in [0.15, 0.2) is 42.7 Å². The maximum Gasteiger partial charge on any atom is 0.173 e. The molecule has 1 aromatic carbocycles. The fourth-order valence-corrected chi connectivity index (χ4v) is 2.87. The molecule has 1 heterocycles. The molecule has 2 aromatic rings. The number of thiocarbonyl (C=S) groups is 1. The minimum Gasteiger partial charge on any atom is -0.342 e. The Kier molecular flexibility index (Phi) is 4.60. The minimum absolute atomic E-state index is 0.535. The summed E-state index contributed by atoms with van der Waals surface area (Å²) < 4.78 is 0. The molecule has 0 saturated heterocycles. The van der Waals surface area contributed by atoms with Crippen LogP contribution in [0.3, 0.4) is 0 Å². The number of pyridine rings is 1. The van der Waals surface area contributed by atoms with Crippen LogP contribution in [-0.2, 0) is 6.54 Å². The zero-order valence-electron chi connectivity index (χ0n) is 12.4. The highest BCUT2D eigenvalue weighted by molar-refractivity contribution is 7.80. The first-order valence-corrected chi connectivity index (χ1v) is 8.15. The van der Waals surface area contributed by atoms with Crippen molar-refractivity contribution in [2.75, 3.05) is 5.32 Å². The van der Waals surface area contributed by atoms with Gasteiger partial charge in [-0.05, 0) is 67.4 Å². The lowest BCUT2D eigenvalue weighted by Crippen LogP contribution is -2.36. The number of anilines is 1. The second-order valence-corrected chi connectivity index (χ2v) is 6.35. The van der Waals surface area contributed by atoms with E-state index in [9.17, 15) is 0 Å². The zero-order valence-corrected chi connectivity index (χ0v) is 14.0. The molecule has 0 aliphatic heterocycles. The molecule has 3 nitrogen and oxygen atoms in total. The minimum atomic E-state index is 0.535. The van der Waals surface area contributed by atoms with Crippen molar-refractivity contribution >= 4 is 34.6 Å². The summed E-state index contributed by atoms with van der Waals surface area (Å²) in [4.78, 5) is 6.32. The molecule has 22 heavy (non-hydrogen) atoms. The fraction of sp³-hybridized carbons (Fsp3) is 0.294. The average molecular weight is 332 g/mol. The zero-order chi connectivity index (χ0) is 15.5. The van der Waals surface area contributed by atoms with Crippen molar-refractivity contribution in [2.45, 2.75) is 32.4 Å². The van der Waals surface area contributed by atoms with Gasteiger partial charge in [0.2, 0.25) is 0 Å². The lowest BCUT2D eigenvalue weighted by atomic mass is 10.2. The summed E-state index contributed by atoms with van der Waals surface area (Å²) in [5, 5.41) is 4.85. The van der Waals surface area contributed by atoms with Gasteiger partial charge in [-0.3, -0.25) is 4.98 Å². The lowest BCUT2D eigenvalue weighted by Gasteiger charge is -2.26. The van der Waals surface area contributed by atoms with Crippen LogP contribution in [0, 0.1) is 6.92 Å². The molecule has 1 aliphatic carbocycles. The van der Waals surface area contributed by atoms with Gasteiger partial charge in [0.05, 0.1) is 0 Å². The number of benzene rings is 1. The number of halogens is 1. The average Bonchev–Trinajstić information content (AvgIpc) is 3.35. The van der Waals surface area contributed by atoms with Crippen LogP contribution in [0.4, 0.5) is 5.69 Å². The van der Waals surface area contributed by atoms with Crippen molar-refractivity contribution in [2.24, 2.45) is 0 Å². The van der Waals surface area contributed by atoms with Gasteiger partial charge in [-0.2, -0.15) is 0 Å². The third-order valence-corrected chi connectivity index (χ3v) is 4.61. The van der Waals surface area contributed by atoms with Gasteiger partial charge in [0.15, 0.2) is 5.11 Å². The van der Waals surface area contributed by atoms with E-state index in [0.29, 0.717) is 6.04 Å². The van der Waals surface area contributed by atoms with Crippen molar-refractivity contribution < 1.29 is 0 Å². The van der Waals surface area contributed by atoms with Crippen molar-refractivity contribution in [3.05, 3.63) is 58.9 Å². The predicted molar refractivity (Wildman–Crippen MR) is 95.2 cm³/mol. The largest absolute Gasteiger partial charge is 0.342 e. The van der Waals surface area contributed by atoms with Gasteiger partial charge >= 0.3 is 0 Å². The molecule has 0 radical (unpaired) electrons. The highest BCUT2D eigenvalue weighted by Crippen LogP contribution is 2.30. The van der Waals surface area contributed by atoms with E-state index in [0.717, 1.165) is 27.9 Å². The SMILES string of the molecule is Cc1c(Cl)cccc1NC(=S)N(Cc1ccncc1)C1CC1. The summed E-state index contributed by atoms with van der Waals surface area (Å²) in [5.41, 5.74) is 3.21. The molecule has 3 rings (SSSR count). The molecule has 1 N–H and O–H groups in total. The Bertz CT molecular complexity index is 671. The summed E-state index contributed by atoms with van der Waals surface area (Å²) in [6, 6.07) is 10.4. The van der Waals surface area contributed by atoms with Crippen LogP contribution in [0.2, 0.25) is 5.02 Å². The molecular formula is C17H18ClN3S. The highest BCUT2D eigenvalue weighted by Gasteiger charge is 2.31. The standard InChI is InChI=1S/C17H18ClN3S/c1-12-15(18)3-2-4-16(12)20-17(22)21(14-5-6-14)11-13-7-9-19-10-8-13/h2-4,7-10,14H,5-6,11H2,1H3,(H,20,22). The molecule has 1 saturated carbocycles. The second-order valence-electron chi connectivity index (χ2n) is 5.56. The summed E-state index contributed by atoms with van der Waals surface area (Å²) in [7, 11) is 0. The van der Waals surface area contributed by atoms with Gasteiger partial charge in [-0.1, -0.05) is 17.7 Å². The molecule has 0 spiro atoms. The molecule has 1 fully saturated rings. The summed E-state index contributed by atoms with van der Waals surface area (Å²) in [5.74, 6) is 0. The smallest absolute Gasteiger partial charge is 0.173 e. The fourth-order valence-electron chi connectivity index (χ4n) is 2.37. The quantitative estimate of drug-likeness (QED) is 0.840. The third-order valence-electron chi connectivity index (χ3n) is 3.86. The normalized spacial score (nSPS) is 13.7. The van der Waals surface area contributed by atoms with E-state index in [1.165, 1.54) is 18.4 Å². The first kappa shape index (κ1) is 15.3. The van der Waals surface area contributed by atoms with Crippen molar-refractivity contribution in [1.29, 1.82) is 0 Å². The number of nitrogens with one attached hydrogen (secondary N) is 1. The number of aromatic nitrogens is 1. The number of hydrogen-bond acceptors (Lipinski definition) is 2. The number of nitrogens with zero attached hydrogens (tertiary/aromatic N) is 2. The van der Waals surface area contributed by atoms with Gasteiger partial charge in [0.25, 0.3) is 0 Å². The van der Waals surface area contributed by atoms with E-state index in [1.807, 2.05) is 49.6 Å². The highest BCUT2D eigenvalue weighted by atomic mass is 35.5. The number of hydrogen-bond donors (Lipinski definition) is 1. The Balaban J connectivity index is 1.74. The lowest BCUT2D eigenvalue weighted by molar-refractivity contribution is 0.409. The molecule has 0 bridgehead atoms. The Morgan fingerprint density at radius 3 is 2.73 bits per heavy atom. The van der Waals surface area contributed by atoms with Crippen LogP contribution in [0.5, 0.6) is 0 Å². The van der Waals surface area contributed by atoms with Crippen LogP contribution >= 0.6 is 23.8 Å². The van der Waals surface area contributed by atoms with E-state index in [4.69, 9.17) is 23.8 Å². The van der Waals surface area contributed by atoms with E-state index in [2.05, 4.69) is 15.2 Å². The topological polar surface area (TPSA) is 28.2 Å². The molecule has 0 amide bonds. The van der Waals surface area contributed by atoms with E-state index < -0.39 is 0 Å². The second kappa shape index (κ2) is 6.63. The van der Waals surface area contributed by atoms with Crippen LogP contribution < -0.4 is 5.32 Å². The summed E-state index contributed by atoms with van der Waals surface area (Å²) >= 11 is 11.8. The van der Waals surface area contributed by atoms with Gasteiger partial charge in [0, 0.05) is 35.7 Å². The molecule has 5 heteroatoms. The monoisotopic (exact) mass is 331 g/mol. The molecule has 114 valence electrons. The maximum absolute atomic E-state index is 6.18. The van der Waals surface area contributed by atoms with Crippen LogP contribution in [0.1, 0.15) is 24.0 Å². The molecule has 1 aliphatic rings. The third kappa shape index (κ3) is 3.57. The maximum atomic E-state index is 6.18. The van der Waals surface area contributed by atoms with Crippen molar-refractivity contribution in [3.8, 4) is 0 Å². The molecule has 1 aromatic heterocycles. The Hall–Kier alpha value is -1.65. The molecular weight excluding hydrogens is 314 g/mol. The Morgan fingerprint density at radius 1 is 1.32 bits per heavy atom. The van der Waals surface area contributed by atoms with Gasteiger partial charge in [-0.15, -0.1) is 0 Å². The van der Waals surface area contributed by atoms with Crippen molar-refractivity contribution in [3.63, 3.8) is 0 Å². The van der Waals surface area contributed by atoms with E-state index in [-0.39, 0.29) is 0 Å². The van der Waals surface area contributed by atoms with Gasteiger partial charge in [0.1, 0.15) is 0 Å².